The minimum atomic E-state index is -0.649. The number of aryl methyl sites for hydroxylation is 1. The summed E-state index contributed by atoms with van der Waals surface area (Å²) in [5, 5.41) is 7.01. The zero-order chi connectivity index (χ0) is 22.1. The molecule has 4 rings (SSSR count). The normalized spacial score (nSPS) is 11.1. The van der Waals surface area contributed by atoms with Crippen LogP contribution in [0.5, 0.6) is 0 Å². The molecule has 3 heterocycles. The molecule has 0 saturated carbocycles. The number of nitrogens with one attached hydrogen (secondary N) is 1. The number of imidazole rings is 1. The Balaban J connectivity index is 0.00000289. The van der Waals surface area contributed by atoms with Gasteiger partial charge in [-0.1, -0.05) is 11.6 Å². The molecule has 0 radical (unpaired) electrons. The Morgan fingerprint density at radius 1 is 1.06 bits per heavy atom. The number of hydrogen-bond donors (Lipinski definition) is 1. The third kappa shape index (κ3) is 5.12. The average Bonchev–Trinajstić information content (AvgIpc) is 3.08. The van der Waals surface area contributed by atoms with E-state index in [2.05, 4.69) is 30.6 Å². The van der Waals surface area contributed by atoms with E-state index in [1.54, 1.807) is 25.4 Å². The molecule has 0 aliphatic heterocycles. The third-order valence-electron chi connectivity index (χ3n) is 4.86. The molecule has 0 spiro atoms. The molecule has 3 aromatic heterocycles. The van der Waals surface area contributed by atoms with Gasteiger partial charge < -0.3 is 15.2 Å². The molecule has 0 bridgehead atoms. The summed E-state index contributed by atoms with van der Waals surface area (Å²) in [5.41, 5.74) is 2.12. The van der Waals surface area contributed by atoms with Crippen LogP contribution in [0.2, 0.25) is 0 Å². The van der Waals surface area contributed by atoms with Crippen molar-refractivity contribution in [1.29, 1.82) is 0 Å². The van der Waals surface area contributed by atoms with E-state index in [0.29, 0.717) is 29.3 Å². The zero-order valence-electron chi connectivity index (χ0n) is 18.7. The molecule has 0 unspecified atom stereocenters. The monoisotopic (exact) mass is 507 g/mol. The van der Waals surface area contributed by atoms with Crippen molar-refractivity contribution in [3.63, 3.8) is 0 Å². The minimum absolute atomic E-state index is 0. The van der Waals surface area contributed by atoms with Gasteiger partial charge in [0.2, 0.25) is 5.95 Å². The van der Waals surface area contributed by atoms with E-state index in [9.17, 15) is 8.78 Å². The van der Waals surface area contributed by atoms with Crippen LogP contribution in [-0.4, -0.2) is 31.6 Å². The summed E-state index contributed by atoms with van der Waals surface area (Å²) in [6.45, 7) is 6.36. The van der Waals surface area contributed by atoms with Crippen molar-refractivity contribution < 1.29 is 67.0 Å². The van der Waals surface area contributed by atoms with Crippen LogP contribution in [0, 0.1) is 18.6 Å². The number of rotatable bonds is 6. The summed E-state index contributed by atoms with van der Waals surface area (Å²) in [6, 6.07) is 6.67. The van der Waals surface area contributed by atoms with Gasteiger partial charge in [-0.15, -0.1) is 6.54 Å². The number of aromatic nitrogens is 5. The van der Waals surface area contributed by atoms with E-state index in [4.69, 9.17) is 0 Å². The molecule has 0 amide bonds. The second kappa shape index (κ2) is 10.5. The first kappa shape index (κ1) is 25.0. The van der Waals surface area contributed by atoms with Crippen molar-refractivity contribution in [1.82, 2.24) is 24.5 Å². The van der Waals surface area contributed by atoms with Crippen molar-refractivity contribution in [2.75, 3.05) is 12.4 Å². The van der Waals surface area contributed by atoms with Crippen LogP contribution in [0.1, 0.15) is 31.3 Å². The predicted octanol–water partition coefficient (Wildman–Crippen LogP) is 2.31. The standard InChI is InChI=1S/C22H22F2N7.Rb/c1-12(2)31-13(3)28-21-16(23)7-15(8-18(21)31)20-17(24)11-27-22(30-20)29-19-6-5-14(9-25-4)10-26-19;/h5-8,10-12H,9H2,1-4H3,(H,26,27,29,30);/q-1;+1. The van der Waals surface area contributed by atoms with E-state index in [0.717, 1.165) is 11.8 Å². The SMILES string of the molecule is C[N-]Cc1ccc(Nc2ncc(F)c(-c3cc(F)c4nc(C)n(C(C)C)c4c3)n2)nc1.[Rb+]. The van der Waals surface area contributed by atoms with Gasteiger partial charge in [-0.05, 0) is 39.0 Å². The zero-order valence-corrected chi connectivity index (χ0v) is 23.6. The van der Waals surface area contributed by atoms with Gasteiger partial charge in [0.1, 0.15) is 22.9 Å². The first-order chi connectivity index (χ1) is 14.9. The number of nitrogens with zero attached hydrogens (tertiary/aromatic N) is 6. The first-order valence-electron chi connectivity index (χ1n) is 9.86. The van der Waals surface area contributed by atoms with Gasteiger partial charge in [-0.2, -0.15) is 7.05 Å². The molecular weight excluding hydrogens is 486 g/mol. The van der Waals surface area contributed by atoms with Crippen molar-refractivity contribution in [2.24, 2.45) is 0 Å². The quantitative estimate of drug-likeness (QED) is 0.433. The van der Waals surface area contributed by atoms with E-state index in [1.165, 1.54) is 6.07 Å². The molecule has 4 aromatic rings. The number of hydrogen-bond acceptors (Lipinski definition) is 5. The summed E-state index contributed by atoms with van der Waals surface area (Å²) in [4.78, 5) is 16.9. The number of fused-ring (bicyclic) bond motifs is 1. The summed E-state index contributed by atoms with van der Waals surface area (Å²) >= 11 is 0. The van der Waals surface area contributed by atoms with E-state index >= 15 is 0 Å². The smallest absolute Gasteiger partial charge is 0.661 e. The van der Waals surface area contributed by atoms with Crippen LogP contribution in [0.25, 0.3) is 27.6 Å². The van der Waals surface area contributed by atoms with Crippen molar-refractivity contribution in [2.45, 2.75) is 33.4 Å². The van der Waals surface area contributed by atoms with Crippen LogP contribution in [0.3, 0.4) is 0 Å². The van der Waals surface area contributed by atoms with Gasteiger partial charge >= 0.3 is 58.2 Å². The van der Waals surface area contributed by atoms with Crippen LogP contribution < -0.4 is 63.5 Å². The Kier molecular flexibility index (Phi) is 8.21. The van der Waals surface area contributed by atoms with Crippen molar-refractivity contribution in [3.05, 3.63) is 65.0 Å². The summed E-state index contributed by atoms with van der Waals surface area (Å²) < 4.78 is 31.3. The molecule has 0 aliphatic rings. The second-order valence-corrected chi connectivity index (χ2v) is 7.49. The maximum absolute atomic E-state index is 14.8. The molecule has 10 heteroatoms. The summed E-state index contributed by atoms with van der Waals surface area (Å²) in [7, 11) is 1.73. The van der Waals surface area contributed by atoms with Crippen LogP contribution in [-0.2, 0) is 6.54 Å². The van der Waals surface area contributed by atoms with Crippen LogP contribution >= 0.6 is 0 Å². The van der Waals surface area contributed by atoms with Gasteiger partial charge in [0.15, 0.2) is 11.6 Å². The fourth-order valence-electron chi connectivity index (χ4n) is 3.58. The number of pyridine rings is 1. The van der Waals surface area contributed by atoms with Gasteiger partial charge in [0.25, 0.3) is 0 Å². The number of halogens is 2. The van der Waals surface area contributed by atoms with Gasteiger partial charge in [0.05, 0.1) is 11.7 Å². The van der Waals surface area contributed by atoms with Gasteiger partial charge in [-0.25, -0.2) is 28.7 Å². The number of anilines is 2. The molecule has 0 aliphatic carbocycles. The third-order valence-corrected chi connectivity index (χ3v) is 4.86. The average molecular weight is 508 g/mol. The Morgan fingerprint density at radius 2 is 1.84 bits per heavy atom. The fourth-order valence-corrected chi connectivity index (χ4v) is 3.58. The molecule has 1 N–H and O–H groups in total. The van der Waals surface area contributed by atoms with Gasteiger partial charge in [0, 0.05) is 17.8 Å². The molecule has 0 saturated heterocycles. The molecule has 32 heavy (non-hydrogen) atoms. The van der Waals surface area contributed by atoms with E-state index in [1.807, 2.05) is 31.4 Å². The largest absolute Gasteiger partial charge is 1.00 e. The fraction of sp³-hybridized carbons (Fsp3) is 0.273. The Morgan fingerprint density at radius 3 is 2.50 bits per heavy atom. The Labute approximate surface area is 233 Å². The van der Waals surface area contributed by atoms with Crippen LogP contribution in [0.4, 0.5) is 20.5 Å². The topological polar surface area (TPSA) is 82.6 Å². The minimum Gasteiger partial charge on any atom is -0.661 e. The first-order valence-corrected chi connectivity index (χ1v) is 9.86. The molecular formula is C22H22F2N7Rb. The number of benzene rings is 1. The molecule has 1 aromatic carbocycles. The van der Waals surface area contributed by atoms with Crippen molar-refractivity contribution in [3.8, 4) is 11.3 Å². The molecule has 0 fully saturated rings. The maximum Gasteiger partial charge on any atom is 1.00 e. The maximum atomic E-state index is 14.8. The van der Waals surface area contributed by atoms with Crippen molar-refractivity contribution >= 4 is 22.8 Å². The second-order valence-electron chi connectivity index (χ2n) is 7.49. The summed E-state index contributed by atoms with van der Waals surface area (Å²) in [5.74, 6) is 0.181. The van der Waals surface area contributed by atoms with Gasteiger partial charge in [-0.3, -0.25) is 0 Å². The Hall–Kier alpha value is -1.65. The molecule has 7 nitrogen and oxygen atoms in total. The van der Waals surface area contributed by atoms with E-state index in [-0.39, 0.29) is 81.4 Å². The molecule has 160 valence electrons. The Bertz CT molecular complexity index is 1240. The predicted molar refractivity (Wildman–Crippen MR) is 116 cm³/mol. The van der Waals surface area contributed by atoms with Crippen LogP contribution in [0.15, 0.2) is 36.7 Å². The van der Waals surface area contributed by atoms with E-state index < -0.39 is 11.6 Å². The molecule has 0 atom stereocenters. The summed E-state index contributed by atoms with van der Waals surface area (Å²) in [6.07, 6.45) is 2.75.